The number of thiophene rings is 1. The molecule has 0 amide bonds. The predicted molar refractivity (Wildman–Crippen MR) is 66.0 cm³/mol. The molecule has 0 radical (unpaired) electrons. The predicted octanol–water partition coefficient (Wildman–Crippen LogP) is 4.26. The monoisotopic (exact) mass is 283 g/mol. The van der Waals surface area contributed by atoms with Gasteiger partial charge in [0.15, 0.2) is 0 Å². The summed E-state index contributed by atoms with van der Waals surface area (Å²) in [5.41, 5.74) is 0.758. The zero-order valence-electron chi connectivity index (χ0n) is 7.37. The molecule has 0 atom stereocenters. The van der Waals surface area contributed by atoms with Crippen molar-refractivity contribution in [2.24, 2.45) is 0 Å². The van der Waals surface area contributed by atoms with Crippen LogP contribution in [0.25, 0.3) is 10.1 Å². The molecule has 1 aromatic heterocycles. The molecule has 0 saturated heterocycles. The number of benzene rings is 1. The highest BCUT2D eigenvalue weighted by atomic mass is 79.9. The van der Waals surface area contributed by atoms with Gasteiger partial charge < -0.3 is 0 Å². The van der Waals surface area contributed by atoms with E-state index in [-0.39, 0.29) is 0 Å². The maximum Gasteiger partial charge on any atom is 0.101 e. The van der Waals surface area contributed by atoms with Crippen LogP contribution < -0.4 is 0 Å². The summed E-state index contributed by atoms with van der Waals surface area (Å²) in [4.78, 5) is 0. The summed E-state index contributed by atoms with van der Waals surface area (Å²) in [6, 6.07) is 8.03. The molecule has 0 N–H and O–H groups in total. The fourth-order valence-corrected chi connectivity index (χ4v) is 4.24. The van der Waals surface area contributed by atoms with E-state index >= 15 is 0 Å². The molecule has 1 aromatic carbocycles. The highest BCUT2D eigenvalue weighted by molar-refractivity contribution is 9.10. The van der Waals surface area contributed by atoms with Gasteiger partial charge in [0.05, 0.1) is 14.5 Å². The van der Waals surface area contributed by atoms with E-state index in [0.717, 1.165) is 20.1 Å². The minimum atomic E-state index is 0.758. The first-order valence-corrected chi connectivity index (χ1v) is 6.76. The van der Waals surface area contributed by atoms with Gasteiger partial charge in [0.25, 0.3) is 0 Å². The highest BCUT2D eigenvalue weighted by Gasteiger charge is 2.11. The first-order valence-electron chi connectivity index (χ1n) is 3.93. The third-order valence-corrected chi connectivity index (χ3v) is 5.64. The number of hydrogen-bond donors (Lipinski definition) is 0. The van der Waals surface area contributed by atoms with Crippen LogP contribution in [0.3, 0.4) is 0 Å². The zero-order valence-corrected chi connectivity index (χ0v) is 10.6. The summed E-state index contributed by atoms with van der Waals surface area (Å²) in [5.74, 6) is 0. The molecule has 0 fully saturated rings. The van der Waals surface area contributed by atoms with E-state index in [2.05, 4.69) is 22.0 Å². The zero-order chi connectivity index (χ0) is 10.1. The van der Waals surface area contributed by atoms with Crippen molar-refractivity contribution in [2.75, 3.05) is 6.26 Å². The average Bonchev–Trinajstić information content (AvgIpc) is 2.55. The molecule has 2 aromatic rings. The quantitative estimate of drug-likeness (QED) is 0.731. The Hall–Kier alpha value is -0.500. The normalized spacial score (nSPS) is 10.4. The van der Waals surface area contributed by atoms with Crippen molar-refractivity contribution in [3.05, 3.63) is 28.2 Å². The van der Waals surface area contributed by atoms with Crippen molar-refractivity contribution in [1.82, 2.24) is 0 Å². The fraction of sp³-hybridized carbons (Fsp3) is 0.100. The van der Waals surface area contributed by atoms with Crippen LogP contribution in [0.1, 0.15) is 5.56 Å². The average molecular weight is 284 g/mol. The summed E-state index contributed by atoms with van der Waals surface area (Å²) in [5, 5.41) is 10.1. The van der Waals surface area contributed by atoms with Gasteiger partial charge in [-0.2, -0.15) is 5.26 Å². The van der Waals surface area contributed by atoms with Gasteiger partial charge in [-0.15, -0.1) is 23.1 Å². The minimum absolute atomic E-state index is 0.758. The van der Waals surface area contributed by atoms with Crippen molar-refractivity contribution < 1.29 is 0 Å². The lowest BCUT2D eigenvalue weighted by atomic mass is 10.2. The SMILES string of the molecule is CSc1sc2c(C#N)cccc2c1Br. The standard InChI is InChI=1S/C10H6BrNS2/c1-13-10-8(11)7-4-2-3-6(5-12)9(7)14-10/h2-4H,1H3. The molecule has 0 aliphatic rings. The lowest BCUT2D eigenvalue weighted by Gasteiger charge is -1.91. The Bertz CT molecular complexity index is 525. The molecule has 4 heteroatoms. The van der Waals surface area contributed by atoms with Crippen LogP contribution in [0.4, 0.5) is 0 Å². The molecular formula is C10H6BrNS2. The fourth-order valence-electron chi connectivity index (χ4n) is 1.29. The molecule has 0 aliphatic heterocycles. The van der Waals surface area contributed by atoms with Crippen LogP contribution in [-0.4, -0.2) is 6.26 Å². The minimum Gasteiger partial charge on any atom is -0.192 e. The molecule has 70 valence electrons. The highest BCUT2D eigenvalue weighted by Crippen LogP contribution is 2.41. The van der Waals surface area contributed by atoms with Crippen LogP contribution in [-0.2, 0) is 0 Å². The summed E-state index contributed by atoms with van der Waals surface area (Å²) in [7, 11) is 0. The number of fused-ring (bicyclic) bond motifs is 1. The van der Waals surface area contributed by atoms with Crippen LogP contribution in [0.2, 0.25) is 0 Å². The van der Waals surface area contributed by atoms with Gasteiger partial charge in [-0.3, -0.25) is 0 Å². The van der Waals surface area contributed by atoms with Gasteiger partial charge in [-0.05, 0) is 28.3 Å². The molecule has 14 heavy (non-hydrogen) atoms. The summed E-state index contributed by atoms with van der Waals surface area (Å²) in [6.45, 7) is 0. The Morgan fingerprint density at radius 2 is 2.29 bits per heavy atom. The Labute approximate surface area is 98.9 Å². The van der Waals surface area contributed by atoms with E-state index < -0.39 is 0 Å². The lowest BCUT2D eigenvalue weighted by Crippen LogP contribution is -1.72. The molecule has 0 spiro atoms. The Kier molecular flexibility index (Phi) is 2.82. The van der Waals surface area contributed by atoms with Crippen LogP contribution in [0, 0.1) is 11.3 Å². The first-order chi connectivity index (χ1) is 6.77. The molecule has 0 bridgehead atoms. The van der Waals surface area contributed by atoms with E-state index in [0.29, 0.717) is 0 Å². The van der Waals surface area contributed by atoms with Crippen molar-refractivity contribution in [3.8, 4) is 6.07 Å². The summed E-state index contributed by atoms with van der Waals surface area (Å²) in [6.07, 6.45) is 2.04. The maximum absolute atomic E-state index is 8.94. The van der Waals surface area contributed by atoms with E-state index in [1.165, 1.54) is 4.21 Å². The van der Waals surface area contributed by atoms with Crippen LogP contribution in [0.5, 0.6) is 0 Å². The maximum atomic E-state index is 8.94. The Balaban J connectivity index is 2.85. The van der Waals surface area contributed by atoms with Gasteiger partial charge in [-0.25, -0.2) is 0 Å². The second-order valence-corrected chi connectivity index (χ2v) is 5.59. The molecule has 0 unspecified atom stereocenters. The van der Waals surface area contributed by atoms with E-state index in [1.807, 2.05) is 24.5 Å². The molecular weight excluding hydrogens is 278 g/mol. The number of rotatable bonds is 1. The van der Waals surface area contributed by atoms with Gasteiger partial charge in [0.1, 0.15) is 6.07 Å². The topological polar surface area (TPSA) is 23.8 Å². The van der Waals surface area contributed by atoms with Crippen molar-refractivity contribution in [2.45, 2.75) is 4.21 Å². The molecule has 0 aliphatic carbocycles. The van der Waals surface area contributed by atoms with Gasteiger partial charge in [0, 0.05) is 9.86 Å². The number of hydrogen-bond acceptors (Lipinski definition) is 3. The van der Waals surface area contributed by atoms with Crippen LogP contribution >= 0.6 is 39.0 Å². The third kappa shape index (κ3) is 1.46. The third-order valence-electron chi connectivity index (χ3n) is 1.93. The molecule has 2 rings (SSSR count). The summed E-state index contributed by atoms with van der Waals surface area (Å²) < 4.78 is 3.41. The largest absolute Gasteiger partial charge is 0.192 e. The van der Waals surface area contributed by atoms with Gasteiger partial charge >= 0.3 is 0 Å². The Morgan fingerprint density at radius 3 is 2.93 bits per heavy atom. The number of nitrogens with zero attached hydrogens (tertiary/aromatic N) is 1. The lowest BCUT2D eigenvalue weighted by molar-refractivity contribution is 1.51. The van der Waals surface area contributed by atoms with Crippen LogP contribution in [0.15, 0.2) is 26.9 Å². The van der Waals surface area contributed by atoms with E-state index in [9.17, 15) is 0 Å². The summed E-state index contributed by atoms with van der Waals surface area (Å²) >= 11 is 6.93. The second-order valence-electron chi connectivity index (χ2n) is 2.70. The first kappa shape index (κ1) is 10.0. The van der Waals surface area contributed by atoms with Crippen molar-refractivity contribution in [3.63, 3.8) is 0 Å². The molecule has 0 saturated carbocycles. The van der Waals surface area contributed by atoms with Crippen molar-refractivity contribution >= 4 is 49.1 Å². The second kappa shape index (κ2) is 3.93. The number of halogens is 1. The van der Waals surface area contributed by atoms with E-state index in [1.54, 1.807) is 23.1 Å². The van der Waals surface area contributed by atoms with Gasteiger partial charge in [-0.1, -0.05) is 12.1 Å². The molecule has 1 nitrogen and oxygen atoms in total. The smallest absolute Gasteiger partial charge is 0.101 e. The number of nitriles is 1. The van der Waals surface area contributed by atoms with Gasteiger partial charge in [0.2, 0.25) is 0 Å². The Morgan fingerprint density at radius 1 is 1.50 bits per heavy atom. The molecule has 1 heterocycles. The van der Waals surface area contributed by atoms with Crippen molar-refractivity contribution in [1.29, 1.82) is 5.26 Å². The van der Waals surface area contributed by atoms with E-state index in [4.69, 9.17) is 5.26 Å². The number of thioether (sulfide) groups is 1.